The van der Waals surface area contributed by atoms with E-state index in [2.05, 4.69) is 13.8 Å². The van der Waals surface area contributed by atoms with E-state index >= 15 is 0 Å². The predicted molar refractivity (Wildman–Crippen MR) is 120 cm³/mol. The van der Waals surface area contributed by atoms with Gasteiger partial charge in [-0.3, -0.25) is 14.6 Å². The molecule has 0 fully saturated rings. The topological polar surface area (TPSA) is 52.6 Å². The zero-order valence-corrected chi connectivity index (χ0v) is 18.5. The third-order valence-electron chi connectivity index (χ3n) is 5.16. The van der Waals surface area contributed by atoms with E-state index in [0.717, 1.165) is 30.4 Å². The van der Waals surface area contributed by atoms with Crippen LogP contribution in [0.1, 0.15) is 51.5 Å². The van der Waals surface area contributed by atoms with Crippen LogP contribution in [0.25, 0.3) is 20.2 Å². The lowest BCUT2D eigenvalue weighted by Crippen LogP contribution is -2.14. The molecule has 6 heteroatoms. The van der Waals surface area contributed by atoms with E-state index in [0.29, 0.717) is 38.2 Å². The molecule has 2 aromatic carbocycles. The fourth-order valence-electron chi connectivity index (χ4n) is 3.43. The lowest BCUT2D eigenvalue weighted by atomic mass is 9.96. The number of carbonyl (C=O) groups is 1. The Morgan fingerprint density at radius 1 is 1.24 bits per heavy atom. The fourth-order valence-corrected chi connectivity index (χ4v) is 5.06. The van der Waals surface area contributed by atoms with Gasteiger partial charge in [-0.1, -0.05) is 56.8 Å². The van der Waals surface area contributed by atoms with Gasteiger partial charge in [-0.05, 0) is 43.0 Å². The predicted octanol–water partition coefficient (Wildman–Crippen LogP) is 6.82. The summed E-state index contributed by atoms with van der Waals surface area (Å²) in [4.78, 5) is 35.9. The molecule has 0 amide bonds. The van der Waals surface area contributed by atoms with E-state index in [1.807, 2.05) is 25.1 Å². The molecule has 0 aliphatic carbocycles. The molecule has 0 aliphatic rings. The largest absolute Gasteiger partial charge is 0.355 e. The van der Waals surface area contributed by atoms with Crippen LogP contribution in [0.4, 0.5) is 0 Å². The second kappa shape index (κ2) is 9.59. The summed E-state index contributed by atoms with van der Waals surface area (Å²) in [6.45, 7) is 6.03. The van der Waals surface area contributed by atoms with Crippen molar-refractivity contribution >= 4 is 49.1 Å². The van der Waals surface area contributed by atoms with Crippen LogP contribution in [0.2, 0.25) is 5.02 Å². The maximum absolute atomic E-state index is 13.0. The fraction of sp³-hybridized carbons (Fsp3) is 0.391. The molecule has 1 heterocycles. The first kappa shape index (κ1) is 21.6. The minimum absolute atomic E-state index is 0.152. The van der Waals surface area contributed by atoms with Crippen molar-refractivity contribution in [2.75, 3.05) is 0 Å². The zero-order valence-electron chi connectivity index (χ0n) is 16.9. The Balaban J connectivity index is 1.91. The molecule has 1 atom stereocenters. The van der Waals surface area contributed by atoms with E-state index in [-0.39, 0.29) is 11.3 Å². The minimum atomic E-state index is -0.399. The molecule has 4 nitrogen and oxygen atoms in total. The van der Waals surface area contributed by atoms with Crippen LogP contribution in [-0.2, 0) is 9.68 Å². The molecule has 154 valence electrons. The molecular weight excluding hydrogens is 408 g/mol. The molecule has 0 aliphatic heterocycles. The van der Waals surface area contributed by atoms with Crippen LogP contribution in [0.15, 0.2) is 35.1 Å². The van der Waals surface area contributed by atoms with Crippen molar-refractivity contribution in [3.8, 4) is 5.75 Å². The first-order chi connectivity index (χ1) is 14.0. The molecule has 29 heavy (non-hydrogen) atoms. The van der Waals surface area contributed by atoms with Crippen molar-refractivity contribution in [2.45, 2.75) is 52.9 Å². The second-order valence-corrected chi connectivity index (χ2v) is 8.75. The first-order valence-corrected chi connectivity index (χ1v) is 11.2. The number of carbonyl (C=O) groups excluding carboxylic acids is 1. The summed E-state index contributed by atoms with van der Waals surface area (Å²) in [6.07, 6.45) is 4.43. The summed E-state index contributed by atoms with van der Waals surface area (Å²) in [5.74, 6) is 0.255. The highest BCUT2D eigenvalue weighted by Crippen LogP contribution is 2.38. The number of hydrogen-bond acceptors (Lipinski definition) is 5. The number of fused-ring (bicyclic) bond motifs is 2. The average Bonchev–Trinajstić information content (AvgIpc) is 2.70. The maximum Gasteiger partial charge on any atom is 0.355 e. The molecule has 0 bridgehead atoms. The summed E-state index contributed by atoms with van der Waals surface area (Å²) in [6, 6.07) is 9.04. The SMILES string of the molecule is CCCCC(CC)CC(=O)OOc1c(C)cc(Cl)c2c(=O)c3ccccc3sc12. The molecule has 1 aromatic heterocycles. The normalized spacial score (nSPS) is 12.3. The van der Waals surface area contributed by atoms with Gasteiger partial charge in [-0.2, -0.15) is 0 Å². The van der Waals surface area contributed by atoms with E-state index in [4.69, 9.17) is 21.4 Å². The van der Waals surface area contributed by atoms with Crippen LogP contribution in [0, 0.1) is 12.8 Å². The van der Waals surface area contributed by atoms with E-state index < -0.39 is 5.97 Å². The zero-order chi connectivity index (χ0) is 21.0. The standard InChI is InChI=1S/C23H25ClO4S/c1-4-6-9-15(5-2)13-19(25)27-28-22-14(3)12-17(24)20-21(26)16-10-7-8-11-18(16)29-23(20)22/h7-8,10-12,15H,4-6,9,13H2,1-3H3. The summed E-state index contributed by atoms with van der Waals surface area (Å²) >= 11 is 7.78. The van der Waals surface area contributed by atoms with Crippen molar-refractivity contribution in [3.63, 3.8) is 0 Å². The van der Waals surface area contributed by atoms with Crippen LogP contribution in [-0.4, -0.2) is 5.97 Å². The minimum Gasteiger partial charge on any atom is -0.288 e. The van der Waals surface area contributed by atoms with Crippen LogP contribution < -0.4 is 10.3 Å². The Kier molecular flexibility index (Phi) is 7.14. The molecule has 3 rings (SSSR count). The van der Waals surface area contributed by atoms with Crippen LogP contribution in [0.3, 0.4) is 0 Å². The summed E-state index contributed by atoms with van der Waals surface area (Å²) in [7, 11) is 0. The maximum atomic E-state index is 13.0. The number of aryl methyl sites for hydroxylation is 1. The molecule has 0 saturated heterocycles. The average molecular weight is 433 g/mol. The number of benzene rings is 2. The Bertz CT molecular complexity index is 1090. The molecule has 0 saturated carbocycles. The van der Waals surface area contributed by atoms with Crippen molar-refractivity contribution < 1.29 is 14.6 Å². The van der Waals surface area contributed by atoms with Gasteiger partial charge < -0.3 is 0 Å². The molecular formula is C23H25ClO4S. The van der Waals surface area contributed by atoms with Crippen molar-refractivity contribution in [2.24, 2.45) is 5.92 Å². The van der Waals surface area contributed by atoms with E-state index in [9.17, 15) is 9.59 Å². The van der Waals surface area contributed by atoms with E-state index in [1.165, 1.54) is 11.3 Å². The van der Waals surface area contributed by atoms with Gasteiger partial charge in [0.25, 0.3) is 0 Å². The summed E-state index contributed by atoms with van der Waals surface area (Å²) in [5, 5.41) is 1.37. The van der Waals surface area contributed by atoms with Gasteiger partial charge in [-0.15, -0.1) is 11.3 Å². The molecule has 3 aromatic rings. The van der Waals surface area contributed by atoms with Gasteiger partial charge in [0.05, 0.1) is 21.5 Å². The lowest BCUT2D eigenvalue weighted by Gasteiger charge is -2.14. The van der Waals surface area contributed by atoms with Gasteiger partial charge in [0.15, 0.2) is 11.2 Å². The summed E-state index contributed by atoms with van der Waals surface area (Å²) in [5.41, 5.74) is 0.556. The number of rotatable bonds is 8. The van der Waals surface area contributed by atoms with Gasteiger partial charge in [0.1, 0.15) is 0 Å². The van der Waals surface area contributed by atoms with Gasteiger partial charge in [-0.25, -0.2) is 4.79 Å². The van der Waals surface area contributed by atoms with Crippen molar-refractivity contribution in [1.82, 2.24) is 0 Å². The third kappa shape index (κ3) is 4.73. The Hall–Kier alpha value is -2.11. The first-order valence-electron chi connectivity index (χ1n) is 9.98. The van der Waals surface area contributed by atoms with E-state index in [1.54, 1.807) is 12.1 Å². The number of halogens is 1. The van der Waals surface area contributed by atoms with Gasteiger partial charge >= 0.3 is 5.97 Å². The smallest absolute Gasteiger partial charge is 0.288 e. The molecule has 1 unspecified atom stereocenters. The Morgan fingerprint density at radius 2 is 2.00 bits per heavy atom. The molecule has 0 N–H and O–H groups in total. The van der Waals surface area contributed by atoms with Crippen molar-refractivity contribution in [3.05, 3.63) is 51.1 Å². The highest BCUT2D eigenvalue weighted by Gasteiger charge is 2.19. The second-order valence-electron chi connectivity index (χ2n) is 7.30. The molecule has 0 radical (unpaired) electrons. The number of hydrogen-bond donors (Lipinski definition) is 0. The lowest BCUT2D eigenvalue weighted by molar-refractivity contribution is -0.214. The Morgan fingerprint density at radius 3 is 2.72 bits per heavy atom. The van der Waals surface area contributed by atoms with Crippen LogP contribution in [0.5, 0.6) is 5.75 Å². The third-order valence-corrected chi connectivity index (χ3v) is 6.63. The van der Waals surface area contributed by atoms with Crippen LogP contribution >= 0.6 is 22.9 Å². The Labute approximate surface area is 179 Å². The highest BCUT2D eigenvalue weighted by atomic mass is 35.5. The van der Waals surface area contributed by atoms with Gasteiger partial charge in [0, 0.05) is 10.1 Å². The number of unbranched alkanes of at least 4 members (excludes halogenated alkanes) is 1. The van der Waals surface area contributed by atoms with Gasteiger partial charge in [0.2, 0.25) is 0 Å². The quantitative estimate of drug-likeness (QED) is 0.222. The monoisotopic (exact) mass is 432 g/mol. The summed E-state index contributed by atoms with van der Waals surface area (Å²) < 4.78 is 1.41. The molecule has 0 spiro atoms. The van der Waals surface area contributed by atoms with Crippen molar-refractivity contribution in [1.29, 1.82) is 0 Å². The highest BCUT2D eigenvalue weighted by molar-refractivity contribution is 7.25.